The number of benzene rings is 1. The minimum absolute atomic E-state index is 0.0112. The molecule has 1 aromatic carbocycles. The SMILES string of the molecule is C=CCn1c(SCC(=O)NC2CC3CCC2(C)C3(C)C)nc2ccccc2c1=O. The van der Waals surface area contributed by atoms with Crippen molar-refractivity contribution in [2.24, 2.45) is 16.7 Å². The van der Waals surface area contributed by atoms with Gasteiger partial charge in [-0.15, -0.1) is 6.58 Å². The zero-order valence-electron chi connectivity index (χ0n) is 17.4. The number of nitrogens with one attached hydrogen (secondary N) is 1. The average Bonchev–Trinajstić information content (AvgIpc) is 3.02. The summed E-state index contributed by atoms with van der Waals surface area (Å²) in [5.41, 5.74) is 0.982. The highest BCUT2D eigenvalue weighted by molar-refractivity contribution is 7.99. The first kappa shape index (κ1) is 20.2. The van der Waals surface area contributed by atoms with Crippen molar-refractivity contribution in [2.75, 3.05) is 5.75 Å². The van der Waals surface area contributed by atoms with Gasteiger partial charge < -0.3 is 5.32 Å². The highest BCUT2D eigenvalue weighted by Gasteiger charge is 2.61. The maximum atomic E-state index is 12.8. The van der Waals surface area contributed by atoms with Gasteiger partial charge in [-0.25, -0.2) is 4.98 Å². The zero-order valence-corrected chi connectivity index (χ0v) is 18.2. The number of amides is 1. The lowest BCUT2D eigenvalue weighted by molar-refractivity contribution is -0.120. The van der Waals surface area contributed by atoms with E-state index in [1.807, 2.05) is 18.2 Å². The molecule has 2 aliphatic rings. The van der Waals surface area contributed by atoms with Gasteiger partial charge in [-0.3, -0.25) is 14.2 Å². The number of carbonyl (C=O) groups is 1. The van der Waals surface area contributed by atoms with Gasteiger partial charge in [0.05, 0.1) is 16.7 Å². The fraction of sp³-hybridized carbons (Fsp3) is 0.522. The van der Waals surface area contributed by atoms with Crippen LogP contribution in [0.5, 0.6) is 0 Å². The van der Waals surface area contributed by atoms with Gasteiger partial charge in [-0.2, -0.15) is 0 Å². The van der Waals surface area contributed by atoms with Crippen molar-refractivity contribution in [3.63, 3.8) is 0 Å². The first-order valence-corrected chi connectivity index (χ1v) is 11.3. The predicted molar refractivity (Wildman–Crippen MR) is 118 cm³/mol. The Labute approximate surface area is 176 Å². The van der Waals surface area contributed by atoms with Gasteiger partial charge >= 0.3 is 0 Å². The van der Waals surface area contributed by atoms with Gasteiger partial charge in [-0.05, 0) is 48.1 Å². The molecule has 4 rings (SSSR count). The van der Waals surface area contributed by atoms with Gasteiger partial charge in [0.25, 0.3) is 5.56 Å². The number of carbonyl (C=O) groups excluding carboxylic acids is 1. The van der Waals surface area contributed by atoms with Crippen molar-refractivity contribution >= 4 is 28.6 Å². The largest absolute Gasteiger partial charge is 0.352 e. The van der Waals surface area contributed by atoms with Crippen LogP contribution in [0.15, 0.2) is 46.9 Å². The van der Waals surface area contributed by atoms with Crippen LogP contribution in [-0.2, 0) is 11.3 Å². The molecular weight excluding hydrogens is 382 g/mol. The number of hydrogen-bond donors (Lipinski definition) is 1. The Balaban J connectivity index is 1.50. The molecule has 154 valence electrons. The maximum absolute atomic E-state index is 12.8. The maximum Gasteiger partial charge on any atom is 0.262 e. The van der Waals surface area contributed by atoms with Crippen LogP contribution in [0.2, 0.25) is 0 Å². The third-order valence-corrected chi connectivity index (χ3v) is 8.58. The molecule has 2 bridgehead atoms. The number of fused-ring (bicyclic) bond motifs is 3. The molecule has 2 fully saturated rings. The molecule has 1 heterocycles. The van der Waals surface area contributed by atoms with E-state index in [9.17, 15) is 9.59 Å². The minimum atomic E-state index is -0.0965. The van der Waals surface area contributed by atoms with Crippen molar-refractivity contribution in [1.29, 1.82) is 0 Å². The van der Waals surface area contributed by atoms with Gasteiger partial charge in [0.1, 0.15) is 0 Å². The van der Waals surface area contributed by atoms with Crippen LogP contribution in [0.1, 0.15) is 40.0 Å². The quantitative estimate of drug-likeness (QED) is 0.443. The first-order valence-electron chi connectivity index (χ1n) is 10.3. The highest BCUT2D eigenvalue weighted by Crippen LogP contribution is 2.65. The van der Waals surface area contributed by atoms with E-state index >= 15 is 0 Å². The van der Waals surface area contributed by atoms with Crippen LogP contribution in [0, 0.1) is 16.7 Å². The summed E-state index contributed by atoms with van der Waals surface area (Å²) in [6.07, 6.45) is 5.18. The fourth-order valence-electron chi connectivity index (χ4n) is 5.34. The minimum Gasteiger partial charge on any atom is -0.352 e. The second-order valence-corrected chi connectivity index (χ2v) is 10.1. The van der Waals surface area contributed by atoms with E-state index in [0.717, 1.165) is 6.42 Å². The summed E-state index contributed by atoms with van der Waals surface area (Å²) in [6, 6.07) is 7.54. The van der Waals surface area contributed by atoms with Crippen molar-refractivity contribution in [3.05, 3.63) is 47.3 Å². The molecule has 29 heavy (non-hydrogen) atoms. The lowest BCUT2D eigenvalue weighted by Crippen LogP contribution is -2.47. The normalized spacial score (nSPS) is 27.3. The number of aromatic nitrogens is 2. The van der Waals surface area contributed by atoms with Crippen molar-refractivity contribution in [3.8, 4) is 0 Å². The standard InChI is InChI=1S/C23H29N3O2S/c1-5-12-26-20(28)16-8-6-7-9-17(16)24-21(26)29-14-19(27)25-18-13-15-10-11-23(18,4)22(15,2)3/h5-9,15,18H,1,10-14H2,2-4H3,(H,25,27). The molecule has 0 spiro atoms. The summed E-state index contributed by atoms with van der Waals surface area (Å²) < 4.78 is 1.59. The lowest BCUT2D eigenvalue weighted by Gasteiger charge is -2.39. The van der Waals surface area contributed by atoms with Gasteiger partial charge in [0.2, 0.25) is 5.91 Å². The van der Waals surface area contributed by atoms with E-state index in [0.29, 0.717) is 28.5 Å². The first-order chi connectivity index (χ1) is 13.8. The average molecular weight is 412 g/mol. The van der Waals surface area contributed by atoms with E-state index in [1.54, 1.807) is 16.7 Å². The summed E-state index contributed by atoms with van der Waals surface area (Å²) in [6.45, 7) is 11.1. The van der Waals surface area contributed by atoms with Crippen LogP contribution >= 0.6 is 11.8 Å². The molecule has 2 saturated carbocycles. The molecule has 0 aliphatic heterocycles. The Bertz CT molecular complexity index is 1030. The van der Waals surface area contributed by atoms with Crippen molar-refractivity contribution < 1.29 is 4.79 Å². The molecule has 1 amide bonds. The van der Waals surface area contributed by atoms with E-state index < -0.39 is 0 Å². The molecule has 2 aliphatic carbocycles. The Hall–Kier alpha value is -2.08. The monoisotopic (exact) mass is 411 g/mol. The van der Waals surface area contributed by atoms with Gasteiger partial charge in [0, 0.05) is 12.6 Å². The third-order valence-electron chi connectivity index (χ3n) is 7.60. The summed E-state index contributed by atoms with van der Waals surface area (Å²) in [4.78, 5) is 30.2. The molecule has 3 atom stereocenters. The Morgan fingerprint density at radius 1 is 1.38 bits per heavy atom. The van der Waals surface area contributed by atoms with E-state index in [2.05, 4.69) is 37.7 Å². The second kappa shape index (κ2) is 7.31. The molecule has 1 N–H and O–H groups in total. The van der Waals surface area contributed by atoms with Crippen molar-refractivity contribution in [1.82, 2.24) is 14.9 Å². The number of rotatable bonds is 6. The summed E-state index contributed by atoms with van der Waals surface area (Å²) in [5.74, 6) is 0.946. The highest BCUT2D eigenvalue weighted by atomic mass is 32.2. The molecule has 0 saturated heterocycles. The zero-order chi connectivity index (χ0) is 20.8. The van der Waals surface area contributed by atoms with E-state index in [4.69, 9.17) is 0 Å². The number of para-hydroxylation sites is 1. The Kier molecular flexibility index (Phi) is 5.09. The summed E-state index contributed by atoms with van der Waals surface area (Å²) in [5, 5.41) is 4.43. The predicted octanol–water partition coefficient (Wildman–Crippen LogP) is 4.01. The Morgan fingerprint density at radius 2 is 2.14 bits per heavy atom. The lowest BCUT2D eigenvalue weighted by atomic mass is 9.69. The van der Waals surface area contributed by atoms with E-state index in [1.165, 1.54) is 24.6 Å². The van der Waals surface area contributed by atoms with Crippen LogP contribution in [0.4, 0.5) is 0 Å². The van der Waals surface area contributed by atoms with Crippen LogP contribution < -0.4 is 10.9 Å². The molecule has 2 aromatic rings. The van der Waals surface area contributed by atoms with Crippen LogP contribution in [-0.4, -0.2) is 27.3 Å². The molecule has 1 aromatic heterocycles. The smallest absolute Gasteiger partial charge is 0.262 e. The topological polar surface area (TPSA) is 64.0 Å². The number of allylic oxidation sites excluding steroid dienone is 1. The molecule has 0 radical (unpaired) electrons. The fourth-order valence-corrected chi connectivity index (χ4v) is 6.16. The van der Waals surface area contributed by atoms with Crippen LogP contribution in [0.3, 0.4) is 0 Å². The van der Waals surface area contributed by atoms with Crippen molar-refractivity contribution in [2.45, 2.75) is 57.8 Å². The number of thioether (sulfide) groups is 1. The molecule has 6 heteroatoms. The third kappa shape index (κ3) is 3.21. The molecule has 5 nitrogen and oxygen atoms in total. The molecule has 3 unspecified atom stereocenters. The second-order valence-electron chi connectivity index (χ2n) is 9.14. The molecular formula is C23H29N3O2S. The number of hydrogen-bond acceptors (Lipinski definition) is 4. The van der Waals surface area contributed by atoms with Gasteiger partial charge in [0.15, 0.2) is 5.16 Å². The van der Waals surface area contributed by atoms with Crippen LogP contribution in [0.25, 0.3) is 10.9 Å². The summed E-state index contributed by atoms with van der Waals surface area (Å²) >= 11 is 1.32. The van der Waals surface area contributed by atoms with E-state index in [-0.39, 0.29) is 34.1 Å². The summed E-state index contributed by atoms with van der Waals surface area (Å²) in [7, 11) is 0. The Morgan fingerprint density at radius 3 is 2.79 bits per heavy atom. The number of nitrogens with zero attached hydrogens (tertiary/aromatic N) is 2. The van der Waals surface area contributed by atoms with Gasteiger partial charge in [-0.1, -0.05) is 50.7 Å².